The number of rotatable bonds is 5. The van der Waals surface area contributed by atoms with Gasteiger partial charge in [0.1, 0.15) is 0 Å². The Labute approximate surface area is 91.1 Å². The number of methoxy groups -OCH3 is 2. The van der Waals surface area contributed by atoms with Crippen LogP contribution >= 0.6 is 0 Å². The molecule has 0 saturated heterocycles. The summed E-state index contributed by atoms with van der Waals surface area (Å²) in [6.45, 7) is 2.05. The molecule has 2 N–H and O–H groups in total. The number of esters is 1. The normalized spacial score (nSPS) is 31.9. The van der Waals surface area contributed by atoms with Crippen molar-refractivity contribution in [2.75, 3.05) is 14.2 Å². The molecule has 0 radical (unpaired) electrons. The van der Waals surface area contributed by atoms with Crippen LogP contribution in [0.15, 0.2) is 0 Å². The molecular weight excluding hydrogens is 194 g/mol. The van der Waals surface area contributed by atoms with E-state index in [1.54, 1.807) is 7.11 Å². The number of carbonyl (C=O) groups is 1. The highest BCUT2D eigenvalue weighted by molar-refractivity contribution is 5.70. The Balaban J connectivity index is 2.60. The minimum atomic E-state index is -0.173. The van der Waals surface area contributed by atoms with Gasteiger partial charge < -0.3 is 15.2 Å². The van der Waals surface area contributed by atoms with Gasteiger partial charge >= 0.3 is 5.97 Å². The van der Waals surface area contributed by atoms with Gasteiger partial charge in [-0.3, -0.25) is 4.79 Å². The maximum Gasteiger partial charge on any atom is 0.306 e. The summed E-state index contributed by atoms with van der Waals surface area (Å²) >= 11 is 0. The van der Waals surface area contributed by atoms with Crippen LogP contribution in [0.25, 0.3) is 0 Å². The van der Waals surface area contributed by atoms with E-state index in [0.29, 0.717) is 6.42 Å². The number of carbonyl (C=O) groups excluding carboxylic acids is 1. The van der Waals surface area contributed by atoms with Crippen LogP contribution in [-0.2, 0) is 14.3 Å². The molecule has 15 heavy (non-hydrogen) atoms. The lowest BCUT2D eigenvalue weighted by Crippen LogP contribution is -2.54. The highest BCUT2D eigenvalue weighted by atomic mass is 16.5. The maximum absolute atomic E-state index is 11.3. The Morgan fingerprint density at radius 1 is 1.53 bits per heavy atom. The molecule has 1 rings (SSSR count). The fraction of sp³-hybridized carbons (Fsp3) is 0.909. The second kappa shape index (κ2) is 4.94. The van der Waals surface area contributed by atoms with E-state index in [4.69, 9.17) is 15.2 Å². The Bertz CT molecular complexity index is 224. The highest BCUT2D eigenvalue weighted by Crippen LogP contribution is 2.48. The summed E-state index contributed by atoms with van der Waals surface area (Å²) in [7, 11) is 3.12. The van der Waals surface area contributed by atoms with Crippen molar-refractivity contribution < 1.29 is 14.3 Å². The Morgan fingerprint density at radius 2 is 2.13 bits per heavy atom. The summed E-state index contributed by atoms with van der Waals surface area (Å²) in [6, 6.07) is 0.0583. The fourth-order valence-electron chi connectivity index (χ4n) is 2.38. The minimum absolute atomic E-state index is 0.0583. The van der Waals surface area contributed by atoms with Crippen molar-refractivity contribution in [3.63, 3.8) is 0 Å². The van der Waals surface area contributed by atoms with Crippen LogP contribution in [0.2, 0.25) is 0 Å². The second-order valence-electron chi connectivity index (χ2n) is 4.40. The third-order valence-corrected chi connectivity index (χ3v) is 3.55. The van der Waals surface area contributed by atoms with Crippen LogP contribution in [-0.4, -0.2) is 32.3 Å². The summed E-state index contributed by atoms with van der Waals surface area (Å²) in [5.41, 5.74) is 5.98. The van der Waals surface area contributed by atoms with Gasteiger partial charge in [0.2, 0.25) is 0 Å². The first-order chi connectivity index (χ1) is 7.07. The molecule has 1 aliphatic rings. The van der Waals surface area contributed by atoms with E-state index in [2.05, 4.69) is 0 Å². The van der Waals surface area contributed by atoms with E-state index in [9.17, 15) is 4.79 Å². The first-order valence-electron chi connectivity index (χ1n) is 5.43. The molecule has 4 heteroatoms. The highest BCUT2D eigenvalue weighted by Gasteiger charge is 2.49. The molecule has 88 valence electrons. The number of ether oxygens (including phenoxy) is 2. The topological polar surface area (TPSA) is 61.6 Å². The van der Waals surface area contributed by atoms with Gasteiger partial charge in [0.05, 0.1) is 19.6 Å². The standard InChI is InChI=1S/C11H21NO3/c1-4-9(12)11(7-10(13)15-3)5-8(6-11)14-2/h8-9H,4-7,12H2,1-3H3. The van der Waals surface area contributed by atoms with Gasteiger partial charge in [0.15, 0.2) is 0 Å². The summed E-state index contributed by atoms with van der Waals surface area (Å²) < 4.78 is 9.95. The first kappa shape index (κ1) is 12.5. The third kappa shape index (κ3) is 2.49. The number of nitrogens with two attached hydrogens (primary N) is 1. The predicted octanol–water partition coefficient (Wildman–Crippen LogP) is 1.08. The van der Waals surface area contributed by atoms with Gasteiger partial charge in [0.25, 0.3) is 0 Å². The van der Waals surface area contributed by atoms with Gasteiger partial charge in [-0.05, 0) is 19.3 Å². The molecule has 0 aromatic heterocycles. The van der Waals surface area contributed by atoms with Gasteiger partial charge in [-0.1, -0.05) is 6.92 Å². The lowest BCUT2D eigenvalue weighted by atomic mass is 9.60. The van der Waals surface area contributed by atoms with Crippen molar-refractivity contribution in [2.24, 2.45) is 11.1 Å². The van der Waals surface area contributed by atoms with E-state index in [-0.39, 0.29) is 23.5 Å². The van der Waals surface area contributed by atoms with Crippen LogP contribution in [0, 0.1) is 5.41 Å². The zero-order chi connectivity index (χ0) is 11.5. The maximum atomic E-state index is 11.3. The van der Waals surface area contributed by atoms with E-state index < -0.39 is 0 Å². The molecule has 0 amide bonds. The molecule has 0 heterocycles. The average Bonchev–Trinajstić information content (AvgIpc) is 2.21. The van der Waals surface area contributed by atoms with Gasteiger partial charge in [0, 0.05) is 18.6 Å². The average molecular weight is 215 g/mol. The van der Waals surface area contributed by atoms with Crippen molar-refractivity contribution >= 4 is 5.97 Å². The van der Waals surface area contributed by atoms with Gasteiger partial charge in [-0.2, -0.15) is 0 Å². The lowest BCUT2D eigenvalue weighted by Gasteiger charge is -2.50. The number of hydrogen-bond donors (Lipinski definition) is 1. The molecule has 1 aliphatic carbocycles. The fourth-order valence-corrected chi connectivity index (χ4v) is 2.38. The summed E-state index contributed by atoms with van der Waals surface area (Å²) in [6.07, 6.45) is 3.29. The zero-order valence-corrected chi connectivity index (χ0v) is 9.79. The van der Waals surface area contributed by atoms with Crippen molar-refractivity contribution in [1.82, 2.24) is 0 Å². The van der Waals surface area contributed by atoms with Crippen molar-refractivity contribution in [1.29, 1.82) is 0 Å². The molecule has 0 aromatic rings. The molecule has 1 atom stereocenters. The number of hydrogen-bond acceptors (Lipinski definition) is 4. The summed E-state index contributed by atoms with van der Waals surface area (Å²) in [5, 5.41) is 0. The minimum Gasteiger partial charge on any atom is -0.469 e. The van der Waals surface area contributed by atoms with E-state index >= 15 is 0 Å². The SMILES string of the molecule is CCC(N)C1(CC(=O)OC)CC(OC)C1. The zero-order valence-electron chi connectivity index (χ0n) is 9.79. The van der Waals surface area contributed by atoms with Crippen molar-refractivity contribution in [3.05, 3.63) is 0 Å². The lowest BCUT2D eigenvalue weighted by molar-refractivity contribution is -0.151. The van der Waals surface area contributed by atoms with Crippen molar-refractivity contribution in [2.45, 2.75) is 44.8 Å². The molecule has 4 nitrogen and oxygen atoms in total. The molecule has 0 spiro atoms. The second-order valence-corrected chi connectivity index (χ2v) is 4.40. The van der Waals surface area contributed by atoms with E-state index in [1.165, 1.54) is 7.11 Å². The van der Waals surface area contributed by atoms with E-state index in [1.807, 2.05) is 6.92 Å². The van der Waals surface area contributed by atoms with Crippen LogP contribution in [0.4, 0.5) is 0 Å². The smallest absolute Gasteiger partial charge is 0.306 e. The Hall–Kier alpha value is -0.610. The Morgan fingerprint density at radius 3 is 2.53 bits per heavy atom. The largest absolute Gasteiger partial charge is 0.469 e. The van der Waals surface area contributed by atoms with Crippen molar-refractivity contribution in [3.8, 4) is 0 Å². The van der Waals surface area contributed by atoms with Crippen LogP contribution in [0.1, 0.15) is 32.6 Å². The predicted molar refractivity (Wildman–Crippen MR) is 57.4 cm³/mol. The monoisotopic (exact) mass is 215 g/mol. The Kier molecular flexibility index (Phi) is 4.11. The summed E-state index contributed by atoms with van der Waals surface area (Å²) in [4.78, 5) is 11.3. The first-order valence-corrected chi connectivity index (χ1v) is 5.43. The van der Waals surface area contributed by atoms with E-state index in [0.717, 1.165) is 19.3 Å². The van der Waals surface area contributed by atoms with Crippen LogP contribution in [0.5, 0.6) is 0 Å². The third-order valence-electron chi connectivity index (χ3n) is 3.55. The van der Waals surface area contributed by atoms with Crippen LogP contribution < -0.4 is 5.73 Å². The molecule has 1 saturated carbocycles. The molecule has 0 bridgehead atoms. The molecule has 0 aliphatic heterocycles. The molecular formula is C11H21NO3. The quantitative estimate of drug-likeness (QED) is 0.697. The van der Waals surface area contributed by atoms with Crippen LogP contribution in [0.3, 0.4) is 0 Å². The summed E-state index contributed by atoms with van der Waals surface area (Å²) in [5.74, 6) is -0.173. The molecule has 1 unspecified atom stereocenters. The van der Waals surface area contributed by atoms with Gasteiger partial charge in [-0.15, -0.1) is 0 Å². The molecule has 1 fully saturated rings. The van der Waals surface area contributed by atoms with Gasteiger partial charge in [-0.25, -0.2) is 0 Å². The molecule has 0 aromatic carbocycles.